The number of anilines is 1. The van der Waals surface area contributed by atoms with Crippen molar-refractivity contribution in [3.63, 3.8) is 0 Å². The van der Waals surface area contributed by atoms with E-state index in [1.54, 1.807) is 4.68 Å². The summed E-state index contributed by atoms with van der Waals surface area (Å²) in [6.45, 7) is 5.97. The van der Waals surface area contributed by atoms with Gasteiger partial charge in [-0.05, 0) is 31.9 Å². The van der Waals surface area contributed by atoms with Gasteiger partial charge in [-0.2, -0.15) is 5.10 Å². The van der Waals surface area contributed by atoms with Crippen LogP contribution in [-0.2, 0) is 31.1 Å². The fraction of sp³-hybridized carbons (Fsp3) is 0.350. The molecule has 2 heterocycles. The second kappa shape index (κ2) is 7.56. The maximum absolute atomic E-state index is 12.6. The highest BCUT2D eigenvalue weighted by Crippen LogP contribution is 2.23. The SMILES string of the molecule is CCc1nn(C)c(NC(=O)Cc2nc(-c3ccccc3)oc2C)c1CC. The quantitative estimate of drug-likeness (QED) is 0.734. The Labute approximate surface area is 153 Å². The average Bonchev–Trinajstić information content (AvgIpc) is 3.15. The van der Waals surface area contributed by atoms with Crippen molar-refractivity contribution in [3.05, 3.63) is 53.0 Å². The van der Waals surface area contributed by atoms with Crippen LogP contribution in [-0.4, -0.2) is 20.7 Å². The molecule has 0 unspecified atom stereocenters. The van der Waals surface area contributed by atoms with E-state index in [0.717, 1.165) is 35.5 Å². The highest BCUT2D eigenvalue weighted by atomic mass is 16.4. The Hall–Kier alpha value is -2.89. The Bertz CT molecular complexity index is 910. The standard InChI is InChI=1S/C20H24N4O2/c1-5-15-16(6-2)23-24(4)19(15)22-18(25)12-17-13(3)26-20(21-17)14-10-8-7-9-11-14/h7-11H,5-6,12H2,1-4H3,(H,22,25). The molecular weight excluding hydrogens is 328 g/mol. The van der Waals surface area contributed by atoms with Crippen LogP contribution in [0.4, 0.5) is 5.82 Å². The summed E-state index contributed by atoms with van der Waals surface area (Å²) in [7, 11) is 1.85. The highest BCUT2D eigenvalue weighted by molar-refractivity contribution is 5.92. The van der Waals surface area contributed by atoms with Crippen molar-refractivity contribution in [2.45, 2.75) is 40.0 Å². The Kier molecular flexibility index (Phi) is 5.21. The molecule has 26 heavy (non-hydrogen) atoms. The van der Waals surface area contributed by atoms with E-state index in [1.165, 1.54) is 0 Å². The van der Waals surface area contributed by atoms with Crippen LogP contribution >= 0.6 is 0 Å². The summed E-state index contributed by atoms with van der Waals surface area (Å²) in [5.74, 6) is 1.84. The van der Waals surface area contributed by atoms with E-state index in [-0.39, 0.29) is 12.3 Å². The number of amides is 1. The average molecular weight is 352 g/mol. The van der Waals surface area contributed by atoms with E-state index in [1.807, 2.05) is 44.3 Å². The number of hydrogen-bond acceptors (Lipinski definition) is 4. The first kappa shape index (κ1) is 17.9. The Morgan fingerprint density at radius 1 is 1.15 bits per heavy atom. The topological polar surface area (TPSA) is 73.0 Å². The van der Waals surface area contributed by atoms with Gasteiger partial charge in [0.05, 0.1) is 17.8 Å². The third-order valence-corrected chi connectivity index (χ3v) is 4.42. The molecule has 0 radical (unpaired) electrons. The number of nitrogens with zero attached hydrogens (tertiary/aromatic N) is 3. The lowest BCUT2D eigenvalue weighted by molar-refractivity contribution is -0.115. The molecule has 1 aromatic carbocycles. The van der Waals surface area contributed by atoms with Gasteiger partial charge < -0.3 is 9.73 Å². The van der Waals surface area contributed by atoms with Gasteiger partial charge in [0, 0.05) is 18.2 Å². The maximum Gasteiger partial charge on any atom is 0.231 e. The number of carbonyl (C=O) groups excluding carboxylic acids is 1. The first-order valence-corrected chi connectivity index (χ1v) is 8.89. The van der Waals surface area contributed by atoms with Gasteiger partial charge >= 0.3 is 0 Å². The van der Waals surface area contributed by atoms with Gasteiger partial charge in [0.2, 0.25) is 11.8 Å². The number of nitrogens with one attached hydrogen (secondary N) is 1. The lowest BCUT2D eigenvalue weighted by Crippen LogP contribution is -2.18. The van der Waals surface area contributed by atoms with Crippen LogP contribution in [0.25, 0.3) is 11.5 Å². The van der Waals surface area contributed by atoms with Gasteiger partial charge in [-0.1, -0.05) is 32.0 Å². The van der Waals surface area contributed by atoms with Crippen LogP contribution in [0.15, 0.2) is 34.7 Å². The van der Waals surface area contributed by atoms with Crippen molar-refractivity contribution in [2.24, 2.45) is 7.05 Å². The molecule has 0 atom stereocenters. The molecule has 2 aromatic heterocycles. The second-order valence-electron chi connectivity index (χ2n) is 6.22. The van der Waals surface area contributed by atoms with Crippen LogP contribution in [0.1, 0.15) is 36.6 Å². The van der Waals surface area contributed by atoms with Crippen molar-refractivity contribution in [1.29, 1.82) is 0 Å². The van der Waals surface area contributed by atoms with E-state index >= 15 is 0 Å². The summed E-state index contributed by atoms with van der Waals surface area (Å²) < 4.78 is 7.47. The fourth-order valence-corrected chi connectivity index (χ4v) is 3.06. The minimum atomic E-state index is -0.124. The molecule has 3 rings (SSSR count). The summed E-state index contributed by atoms with van der Waals surface area (Å²) in [6, 6.07) is 9.68. The van der Waals surface area contributed by atoms with E-state index in [9.17, 15) is 4.79 Å². The molecule has 0 saturated heterocycles. The molecule has 0 spiro atoms. The van der Waals surface area contributed by atoms with E-state index in [4.69, 9.17) is 4.42 Å². The zero-order valence-corrected chi connectivity index (χ0v) is 15.7. The summed E-state index contributed by atoms with van der Waals surface area (Å²) in [5, 5.41) is 7.48. The first-order chi connectivity index (χ1) is 12.5. The van der Waals surface area contributed by atoms with Crippen LogP contribution in [0.3, 0.4) is 0 Å². The molecule has 0 bridgehead atoms. The molecule has 1 amide bonds. The summed E-state index contributed by atoms with van der Waals surface area (Å²) in [4.78, 5) is 17.1. The minimum absolute atomic E-state index is 0.124. The number of carbonyl (C=O) groups is 1. The normalized spacial score (nSPS) is 10.9. The number of aromatic nitrogens is 3. The molecule has 136 valence electrons. The lowest BCUT2D eigenvalue weighted by Gasteiger charge is -2.07. The maximum atomic E-state index is 12.6. The van der Waals surface area contributed by atoms with Crippen molar-refractivity contribution in [3.8, 4) is 11.5 Å². The van der Waals surface area contributed by atoms with Crippen molar-refractivity contribution < 1.29 is 9.21 Å². The zero-order valence-electron chi connectivity index (χ0n) is 15.7. The number of rotatable bonds is 6. The van der Waals surface area contributed by atoms with Gasteiger partial charge in [0.15, 0.2) is 0 Å². The van der Waals surface area contributed by atoms with Gasteiger partial charge in [-0.3, -0.25) is 9.48 Å². The number of aryl methyl sites for hydroxylation is 3. The molecule has 0 aliphatic heterocycles. The van der Waals surface area contributed by atoms with Crippen LogP contribution in [0.5, 0.6) is 0 Å². The molecule has 0 aliphatic rings. The van der Waals surface area contributed by atoms with Gasteiger partial charge in [-0.15, -0.1) is 0 Å². The Balaban J connectivity index is 1.77. The van der Waals surface area contributed by atoms with Gasteiger partial charge in [0.25, 0.3) is 0 Å². The van der Waals surface area contributed by atoms with Crippen LogP contribution in [0, 0.1) is 6.92 Å². The highest BCUT2D eigenvalue weighted by Gasteiger charge is 2.18. The second-order valence-corrected chi connectivity index (χ2v) is 6.22. The Morgan fingerprint density at radius 2 is 1.88 bits per heavy atom. The third kappa shape index (κ3) is 3.54. The molecule has 6 nitrogen and oxygen atoms in total. The van der Waals surface area contributed by atoms with E-state index < -0.39 is 0 Å². The van der Waals surface area contributed by atoms with Crippen LogP contribution in [0.2, 0.25) is 0 Å². The summed E-state index contributed by atoms with van der Waals surface area (Å²) >= 11 is 0. The number of hydrogen-bond donors (Lipinski definition) is 1. The Morgan fingerprint density at radius 3 is 2.54 bits per heavy atom. The molecule has 6 heteroatoms. The molecule has 0 saturated carbocycles. The molecular formula is C20H24N4O2. The van der Waals surface area contributed by atoms with Crippen molar-refractivity contribution in [2.75, 3.05) is 5.32 Å². The third-order valence-electron chi connectivity index (χ3n) is 4.42. The smallest absolute Gasteiger partial charge is 0.231 e. The predicted octanol–water partition coefficient (Wildman–Crippen LogP) is 3.69. The predicted molar refractivity (Wildman–Crippen MR) is 101 cm³/mol. The number of benzene rings is 1. The molecule has 3 aromatic rings. The molecule has 0 aliphatic carbocycles. The lowest BCUT2D eigenvalue weighted by atomic mass is 10.1. The van der Waals surface area contributed by atoms with Crippen molar-refractivity contribution >= 4 is 11.7 Å². The minimum Gasteiger partial charge on any atom is -0.441 e. The largest absolute Gasteiger partial charge is 0.441 e. The first-order valence-electron chi connectivity index (χ1n) is 8.89. The molecule has 0 fully saturated rings. The van der Waals surface area contributed by atoms with Gasteiger partial charge in [0.1, 0.15) is 11.6 Å². The van der Waals surface area contributed by atoms with E-state index in [2.05, 4.69) is 29.2 Å². The summed E-state index contributed by atoms with van der Waals surface area (Å²) in [6.07, 6.45) is 1.83. The van der Waals surface area contributed by atoms with Crippen molar-refractivity contribution in [1.82, 2.24) is 14.8 Å². The van der Waals surface area contributed by atoms with Crippen LogP contribution < -0.4 is 5.32 Å². The van der Waals surface area contributed by atoms with E-state index in [0.29, 0.717) is 17.3 Å². The molecule has 1 N–H and O–H groups in total. The zero-order chi connectivity index (χ0) is 18.7. The number of oxazole rings is 1. The fourth-order valence-electron chi connectivity index (χ4n) is 3.06. The summed E-state index contributed by atoms with van der Waals surface area (Å²) in [5.41, 5.74) is 3.66. The monoisotopic (exact) mass is 352 g/mol. The van der Waals surface area contributed by atoms with Gasteiger partial charge in [-0.25, -0.2) is 4.98 Å².